The number of phenols is 1. The maximum atomic E-state index is 10.0. The Labute approximate surface area is 115 Å². The molecule has 4 N–H and O–H groups in total. The van der Waals surface area contributed by atoms with Crippen molar-refractivity contribution in [3.05, 3.63) is 29.8 Å². The minimum Gasteiger partial charge on any atom is -0.508 e. The zero-order chi connectivity index (χ0) is 14.1. The molecule has 0 saturated carbocycles. The van der Waals surface area contributed by atoms with Crippen molar-refractivity contribution in [3.63, 3.8) is 0 Å². The number of rotatable bonds is 3. The molecule has 0 aromatic heterocycles. The Morgan fingerprint density at radius 1 is 1.16 bits per heavy atom. The van der Waals surface area contributed by atoms with Crippen LogP contribution in [0.3, 0.4) is 0 Å². The van der Waals surface area contributed by atoms with Crippen molar-refractivity contribution in [2.75, 3.05) is 26.2 Å². The molecule has 1 aromatic carbocycles. The summed E-state index contributed by atoms with van der Waals surface area (Å²) in [6, 6.07) is 6.80. The molecule has 1 atom stereocenters. The summed E-state index contributed by atoms with van der Waals surface area (Å²) in [5.41, 5.74) is 5.73. The first-order valence-electron chi connectivity index (χ1n) is 7.06. The lowest BCUT2D eigenvalue weighted by molar-refractivity contribution is 0.101. The predicted octanol–water partition coefficient (Wildman–Crippen LogP) is 1.88. The Morgan fingerprint density at radius 2 is 1.68 bits per heavy atom. The number of aromatic hydroxyl groups is 1. The third-order valence-electron chi connectivity index (χ3n) is 3.16. The van der Waals surface area contributed by atoms with E-state index in [1.165, 1.54) is 19.3 Å². The van der Waals surface area contributed by atoms with Crippen LogP contribution in [0.1, 0.15) is 37.9 Å². The fourth-order valence-corrected chi connectivity index (χ4v) is 2.19. The first-order valence-corrected chi connectivity index (χ1v) is 7.06. The Balaban J connectivity index is 0.000000550. The fraction of sp³-hybridized carbons (Fsp3) is 0.600. The van der Waals surface area contributed by atoms with E-state index in [4.69, 9.17) is 10.8 Å². The molecule has 108 valence electrons. The number of aliphatic hydroxyl groups is 1. The molecule has 2 rings (SSSR count). The molecule has 0 spiro atoms. The van der Waals surface area contributed by atoms with Crippen molar-refractivity contribution in [3.8, 4) is 5.75 Å². The van der Waals surface area contributed by atoms with Crippen molar-refractivity contribution >= 4 is 0 Å². The molecule has 1 saturated heterocycles. The van der Waals surface area contributed by atoms with Gasteiger partial charge in [-0.05, 0) is 50.2 Å². The zero-order valence-corrected chi connectivity index (χ0v) is 11.8. The first kappa shape index (κ1) is 16.0. The van der Waals surface area contributed by atoms with Crippen LogP contribution in [0.15, 0.2) is 24.3 Å². The van der Waals surface area contributed by atoms with Gasteiger partial charge in [0.1, 0.15) is 5.75 Å². The summed E-state index contributed by atoms with van der Waals surface area (Å²) in [4.78, 5) is 2.31. The highest BCUT2D eigenvalue weighted by Crippen LogP contribution is 2.19. The topological polar surface area (TPSA) is 69.7 Å². The first-order chi connectivity index (χ1) is 9.17. The van der Waals surface area contributed by atoms with Gasteiger partial charge in [-0.25, -0.2) is 0 Å². The van der Waals surface area contributed by atoms with Crippen LogP contribution in [0.2, 0.25) is 0 Å². The molecule has 1 fully saturated rings. The van der Waals surface area contributed by atoms with Gasteiger partial charge in [-0.3, -0.25) is 0 Å². The van der Waals surface area contributed by atoms with E-state index >= 15 is 0 Å². The van der Waals surface area contributed by atoms with E-state index in [-0.39, 0.29) is 5.75 Å². The van der Waals surface area contributed by atoms with Crippen molar-refractivity contribution < 1.29 is 10.2 Å². The summed E-state index contributed by atoms with van der Waals surface area (Å²) in [6.07, 6.45) is 3.34. The molecule has 4 nitrogen and oxygen atoms in total. The van der Waals surface area contributed by atoms with Crippen LogP contribution in [0.5, 0.6) is 5.75 Å². The Bertz CT molecular complexity index is 335. The summed E-state index contributed by atoms with van der Waals surface area (Å²) >= 11 is 0. The fourth-order valence-electron chi connectivity index (χ4n) is 2.19. The van der Waals surface area contributed by atoms with Gasteiger partial charge in [0.2, 0.25) is 0 Å². The van der Waals surface area contributed by atoms with Gasteiger partial charge in [0.25, 0.3) is 0 Å². The molecule has 1 aliphatic heterocycles. The van der Waals surface area contributed by atoms with Gasteiger partial charge in [-0.1, -0.05) is 25.5 Å². The number of hydrogen-bond donors (Lipinski definition) is 3. The number of nitrogens with zero attached hydrogens (tertiary/aromatic N) is 1. The second kappa shape index (κ2) is 8.91. The predicted molar refractivity (Wildman–Crippen MR) is 78.1 cm³/mol. The lowest BCUT2D eigenvalue weighted by Gasteiger charge is -2.28. The number of aliphatic hydroxyl groups excluding tert-OH is 1. The van der Waals surface area contributed by atoms with Gasteiger partial charge in [0.05, 0.1) is 6.10 Å². The second-order valence-electron chi connectivity index (χ2n) is 4.88. The van der Waals surface area contributed by atoms with E-state index in [0.717, 1.165) is 25.2 Å². The van der Waals surface area contributed by atoms with E-state index in [0.29, 0.717) is 6.54 Å². The minimum atomic E-state index is -0.446. The van der Waals surface area contributed by atoms with Crippen molar-refractivity contribution in [2.24, 2.45) is 5.73 Å². The van der Waals surface area contributed by atoms with Gasteiger partial charge < -0.3 is 20.8 Å². The number of likely N-dealkylation sites (tertiary alicyclic amines) is 1. The van der Waals surface area contributed by atoms with Crippen molar-refractivity contribution in [1.29, 1.82) is 0 Å². The normalized spacial score (nSPS) is 17.4. The smallest absolute Gasteiger partial charge is 0.115 e. The third-order valence-corrected chi connectivity index (χ3v) is 3.16. The zero-order valence-electron chi connectivity index (χ0n) is 11.8. The largest absolute Gasteiger partial charge is 0.508 e. The maximum absolute atomic E-state index is 10.0. The maximum Gasteiger partial charge on any atom is 0.115 e. The average Bonchev–Trinajstić information content (AvgIpc) is 2.41. The van der Waals surface area contributed by atoms with Crippen LogP contribution >= 0.6 is 0 Å². The summed E-state index contributed by atoms with van der Waals surface area (Å²) in [7, 11) is 0. The van der Waals surface area contributed by atoms with Gasteiger partial charge in [-0.2, -0.15) is 0 Å². The summed E-state index contributed by atoms with van der Waals surface area (Å²) in [5.74, 6) is 0.244. The molecule has 1 aromatic rings. The van der Waals surface area contributed by atoms with Crippen LogP contribution in [0, 0.1) is 0 Å². The molecule has 1 unspecified atom stereocenters. The van der Waals surface area contributed by atoms with Crippen molar-refractivity contribution in [2.45, 2.75) is 32.3 Å². The molecule has 4 heteroatoms. The van der Waals surface area contributed by atoms with Crippen molar-refractivity contribution in [1.82, 2.24) is 4.90 Å². The number of hydrogen-bond acceptors (Lipinski definition) is 4. The highest BCUT2D eigenvalue weighted by Gasteiger charge is 2.15. The molecular formula is C15H26N2O2. The lowest BCUT2D eigenvalue weighted by Crippen LogP contribution is -2.33. The number of β-amino-alcohol motifs (C(OH)–C–C–N with tert-alkyl or cyclic N) is 1. The summed E-state index contributed by atoms with van der Waals surface area (Å²) in [5, 5.41) is 19.2. The SMILES string of the molecule is CCN.Oc1ccc(C(O)CN2CCCCC2)cc1. The molecule has 19 heavy (non-hydrogen) atoms. The van der Waals surface area contributed by atoms with Gasteiger partial charge in [0, 0.05) is 6.54 Å². The molecule has 0 amide bonds. The molecular weight excluding hydrogens is 240 g/mol. The van der Waals surface area contributed by atoms with Gasteiger partial charge >= 0.3 is 0 Å². The standard InChI is InChI=1S/C13H19NO2.C2H7N/c15-12-6-4-11(5-7-12)13(16)10-14-8-2-1-3-9-14;1-2-3/h4-7,13,15-16H,1-3,8-10H2;2-3H2,1H3. The van der Waals surface area contributed by atoms with Crippen LogP contribution in [-0.4, -0.2) is 41.3 Å². The van der Waals surface area contributed by atoms with Crippen LogP contribution in [-0.2, 0) is 0 Å². The highest BCUT2D eigenvalue weighted by molar-refractivity contribution is 5.27. The van der Waals surface area contributed by atoms with E-state index < -0.39 is 6.10 Å². The highest BCUT2D eigenvalue weighted by atomic mass is 16.3. The van der Waals surface area contributed by atoms with E-state index in [9.17, 15) is 5.11 Å². The third kappa shape index (κ3) is 6.05. The molecule has 1 aliphatic rings. The number of benzene rings is 1. The summed E-state index contributed by atoms with van der Waals surface area (Å²) < 4.78 is 0. The lowest BCUT2D eigenvalue weighted by atomic mass is 10.1. The molecule has 0 aliphatic carbocycles. The van der Waals surface area contributed by atoms with E-state index in [1.807, 2.05) is 6.92 Å². The number of nitrogens with two attached hydrogens (primary N) is 1. The molecule has 1 heterocycles. The minimum absolute atomic E-state index is 0.244. The number of piperidine rings is 1. The van der Waals surface area contributed by atoms with Crippen LogP contribution < -0.4 is 5.73 Å². The Hall–Kier alpha value is -1.10. The van der Waals surface area contributed by atoms with Gasteiger partial charge in [0.15, 0.2) is 0 Å². The van der Waals surface area contributed by atoms with Crippen LogP contribution in [0.25, 0.3) is 0 Å². The number of phenolic OH excluding ortho intramolecular Hbond substituents is 1. The van der Waals surface area contributed by atoms with E-state index in [2.05, 4.69) is 4.90 Å². The quantitative estimate of drug-likeness (QED) is 0.781. The average molecular weight is 266 g/mol. The molecule has 0 radical (unpaired) electrons. The Morgan fingerprint density at radius 3 is 2.21 bits per heavy atom. The van der Waals surface area contributed by atoms with Gasteiger partial charge in [-0.15, -0.1) is 0 Å². The Kier molecular flexibility index (Phi) is 7.48. The van der Waals surface area contributed by atoms with E-state index in [1.54, 1.807) is 24.3 Å². The molecule has 0 bridgehead atoms. The summed E-state index contributed by atoms with van der Waals surface area (Å²) in [6.45, 7) is 5.54. The monoisotopic (exact) mass is 266 g/mol. The second-order valence-corrected chi connectivity index (χ2v) is 4.88. The van der Waals surface area contributed by atoms with Crippen LogP contribution in [0.4, 0.5) is 0 Å².